The lowest BCUT2D eigenvalue weighted by Gasteiger charge is -2.05. The number of anilines is 1. The molecule has 1 heterocycles. The van der Waals surface area contributed by atoms with Gasteiger partial charge >= 0.3 is 5.97 Å². The molecule has 5 nitrogen and oxygen atoms in total. The van der Waals surface area contributed by atoms with Crippen molar-refractivity contribution in [3.8, 4) is 0 Å². The Hall–Kier alpha value is -1.65. The molecule has 2 rings (SSSR count). The van der Waals surface area contributed by atoms with Gasteiger partial charge in [-0.3, -0.25) is 0 Å². The van der Waals surface area contributed by atoms with Crippen LogP contribution in [0.2, 0.25) is 0 Å². The highest BCUT2D eigenvalue weighted by Gasteiger charge is 2.21. The SMILES string of the molecule is Cc1cc(C(=O)O)nc(NCC2CC2)n1. The highest BCUT2D eigenvalue weighted by atomic mass is 16.4. The van der Waals surface area contributed by atoms with Gasteiger partial charge in [-0.1, -0.05) is 0 Å². The third-order valence-electron chi connectivity index (χ3n) is 2.32. The Morgan fingerprint density at radius 1 is 1.60 bits per heavy atom. The van der Waals surface area contributed by atoms with Crippen LogP contribution in [-0.4, -0.2) is 27.6 Å². The molecule has 1 saturated carbocycles. The van der Waals surface area contributed by atoms with E-state index in [9.17, 15) is 4.79 Å². The van der Waals surface area contributed by atoms with Crippen LogP contribution in [0.15, 0.2) is 6.07 Å². The molecule has 0 aliphatic heterocycles. The van der Waals surface area contributed by atoms with Crippen molar-refractivity contribution in [1.29, 1.82) is 0 Å². The second-order valence-electron chi connectivity index (χ2n) is 3.85. The summed E-state index contributed by atoms with van der Waals surface area (Å²) in [6.45, 7) is 2.60. The predicted molar refractivity (Wildman–Crippen MR) is 54.9 cm³/mol. The monoisotopic (exact) mass is 207 g/mol. The molecule has 1 fully saturated rings. The zero-order chi connectivity index (χ0) is 10.8. The summed E-state index contributed by atoms with van der Waals surface area (Å²) in [5, 5.41) is 11.9. The summed E-state index contributed by atoms with van der Waals surface area (Å²) >= 11 is 0. The summed E-state index contributed by atoms with van der Waals surface area (Å²) in [6.07, 6.45) is 2.48. The summed E-state index contributed by atoms with van der Waals surface area (Å²) in [4.78, 5) is 18.8. The summed E-state index contributed by atoms with van der Waals surface area (Å²) in [5.74, 6) is 0.108. The van der Waals surface area contributed by atoms with Crippen molar-refractivity contribution in [3.63, 3.8) is 0 Å². The fourth-order valence-electron chi connectivity index (χ4n) is 1.31. The number of hydrogen-bond donors (Lipinski definition) is 2. The van der Waals surface area contributed by atoms with Gasteiger partial charge < -0.3 is 10.4 Å². The number of carboxylic acids is 1. The first-order chi connectivity index (χ1) is 7.15. The molecular weight excluding hydrogens is 194 g/mol. The van der Waals surface area contributed by atoms with Crippen LogP contribution in [0.1, 0.15) is 29.0 Å². The van der Waals surface area contributed by atoms with E-state index in [0.29, 0.717) is 17.6 Å². The zero-order valence-electron chi connectivity index (χ0n) is 8.53. The molecule has 80 valence electrons. The number of rotatable bonds is 4. The minimum absolute atomic E-state index is 0.0424. The van der Waals surface area contributed by atoms with Crippen molar-refractivity contribution in [2.24, 2.45) is 5.92 Å². The number of nitrogens with one attached hydrogen (secondary N) is 1. The van der Waals surface area contributed by atoms with Crippen LogP contribution >= 0.6 is 0 Å². The molecule has 0 amide bonds. The van der Waals surface area contributed by atoms with E-state index in [-0.39, 0.29) is 5.69 Å². The molecule has 2 N–H and O–H groups in total. The van der Waals surface area contributed by atoms with Gasteiger partial charge in [-0.05, 0) is 31.7 Å². The Balaban J connectivity index is 2.10. The van der Waals surface area contributed by atoms with Gasteiger partial charge in [0.05, 0.1) is 0 Å². The highest BCUT2D eigenvalue weighted by Crippen LogP contribution is 2.28. The number of nitrogens with zero attached hydrogens (tertiary/aromatic N) is 2. The van der Waals surface area contributed by atoms with Crippen molar-refractivity contribution >= 4 is 11.9 Å². The first-order valence-corrected chi connectivity index (χ1v) is 4.98. The normalized spacial score (nSPS) is 15.0. The molecule has 0 bridgehead atoms. The number of hydrogen-bond acceptors (Lipinski definition) is 4. The topological polar surface area (TPSA) is 75.1 Å². The maximum absolute atomic E-state index is 10.7. The van der Waals surface area contributed by atoms with E-state index in [4.69, 9.17) is 5.11 Å². The smallest absolute Gasteiger partial charge is 0.354 e. The van der Waals surface area contributed by atoms with E-state index < -0.39 is 5.97 Å². The molecule has 15 heavy (non-hydrogen) atoms. The Morgan fingerprint density at radius 2 is 2.33 bits per heavy atom. The second kappa shape index (κ2) is 3.84. The number of carbonyl (C=O) groups is 1. The van der Waals surface area contributed by atoms with Gasteiger partial charge in [-0.2, -0.15) is 0 Å². The van der Waals surface area contributed by atoms with Gasteiger partial charge in [-0.25, -0.2) is 14.8 Å². The van der Waals surface area contributed by atoms with Crippen LogP contribution in [0.4, 0.5) is 5.95 Å². The largest absolute Gasteiger partial charge is 0.477 e. The summed E-state index contributed by atoms with van der Waals surface area (Å²) in [7, 11) is 0. The van der Waals surface area contributed by atoms with E-state index in [0.717, 1.165) is 6.54 Å². The third kappa shape index (κ3) is 2.65. The molecule has 0 spiro atoms. The Morgan fingerprint density at radius 3 is 2.93 bits per heavy atom. The van der Waals surface area contributed by atoms with Gasteiger partial charge in [0.1, 0.15) is 0 Å². The Labute approximate surface area is 87.6 Å². The molecule has 1 aromatic heterocycles. The standard InChI is InChI=1S/C10H13N3O2/c1-6-4-8(9(14)15)13-10(12-6)11-5-7-2-3-7/h4,7H,2-3,5H2,1H3,(H,14,15)(H,11,12,13). The molecule has 5 heteroatoms. The van der Waals surface area contributed by atoms with E-state index in [1.807, 2.05) is 0 Å². The van der Waals surface area contributed by atoms with Gasteiger partial charge in [0.2, 0.25) is 5.95 Å². The molecule has 0 aromatic carbocycles. The molecule has 1 aliphatic carbocycles. The number of aromatic carboxylic acids is 1. The molecule has 1 aromatic rings. The van der Waals surface area contributed by atoms with Crippen LogP contribution < -0.4 is 5.32 Å². The van der Waals surface area contributed by atoms with Crippen molar-refractivity contribution < 1.29 is 9.90 Å². The number of carboxylic acid groups (broad SMARTS) is 1. The maximum atomic E-state index is 10.7. The summed E-state index contributed by atoms with van der Waals surface area (Å²) in [5.41, 5.74) is 0.710. The van der Waals surface area contributed by atoms with Crippen molar-refractivity contribution in [3.05, 3.63) is 17.5 Å². The first-order valence-electron chi connectivity index (χ1n) is 4.98. The Kier molecular flexibility index (Phi) is 2.53. The zero-order valence-corrected chi connectivity index (χ0v) is 8.53. The lowest BCUT2D eigenvalue weighted by Crippen LogP contribution is -2.11. The fraction of sp³-hybridized carbons (Fsp3) is 0.500. The lowest BCUT2D eigenvalue weighted by atomic mass is 10.3. The van der Waals surface area contributed by atoms with E-state index in [1.165, 1.54) is 18.9 Å². The van der Waals surface area contributed by atoms with Crippen LogP contribution in [0, 0.1) is 12.8 Å². The minimum Gasteiger partial charge on any atom is -0.477 e. The lowest BCUT2D eigenvalue weighted by molar-refractivity contribution is 0.0690. The van der Waals surface area contributed by atoms with E-state index in [2.05, 4.69) is 15.3 Å². The number of aromatic nitrogens is 2. The molecule has 0 radical (unpaired) electrons. The predicted octanol–water partition coefficient (Wildman–Crippen LogP) is 1.31. The van der Waals surface area contributed by atoms with Crippen molar-refractivity contribution in [1.82, 2.24) is 9.97 Å². The van der Waals surface area contributed by atoms with E-state index >= 15 is 0 Å². The molecule has 1 aliphatic rings. The molecule has 0 unspecified atom stereocenters. The van der Waals surface area contributed by atoms with Gasteiger partial charge in [0, 0.05) is 12.2 Å². The molecular formula is C10H13N3O2. The Bertz CT molecular complexity index is 388. The van der Waals surface area contributed by atoms with Crippen LogP contribution in [0.5, 0.6) is 0 Å². The first kappa shape index (κ1) is 9.89. The minimum atomic E-state index is -1.02. The van der Waals surface area contributed by atoms with Gasteiger partial charge in [-0.15, -0.1) is 0 Å². The van der Waals surface area contributed by atoms with Crippen molar-refractivity contribution in [2.45, 2.75) is 19.8 Å². The van der Waals surface area contributed by atoms with Crippen molar-refractivity contribution in [2.75, 3.05) is 11.9 Å². The highest BCUT2D eigenvalue weighted by molar-refractivity contribution is 5.85. The van der Waals surface area contributed by atoms with Crippen LogP contribution in [0.25, 0.3) is 0 Å². The quantitative estimate of drug-likeness (QED) is 0.778. The van der Waals surface area contributed by atoms with Crippen LogP contribution in [0.3, 0.4) is 0 Å². The maximum Gasteiger partial charge on any atom is 0.354 e. The van der Waals surface area contributed by atoms with Gasteiger partial charge in [0.25, 0.3) is 0 Å². The average Bonchev–Trinajstić information content (AvgIpc) is 2.97. The molecule has 0 saturated heterocycles. The van der Waals surface area contributed by atoms with E-state index in [1.54, 1.807) is 6.92 Å². The molecule has 0 atom stereocenters. The number of aryl methyl sites for hydroxylation is 1. The second-order valence-corrected chi connectivity index (χ2v) is 3.85. The summed E-state index contributed by atoms with van der Waals surface area (Å²) < 4.78 is 0. The summed E-state index contributed by atoms with van der Waals surface area (Å²) in [6, 6.07) is 1.46. The third-order valence-corrected chi connectivity index (χ3v) is 2.32. The fourth-order valence-corrected chi connectivity index (χ4v) is 1.31. The van der Waals surface area contributed by atoms with Gasteiger partial charge in [0.15, 0.2) is 5.69 Å². The average molecular weight is 207 g/mol. The van der Waals surface area contributed by atoms with Crippen LogP contribution in [-0.2, 0) is 0 Å².